The molecule has 2 unspecified atom stereocenters. The van der Waals surface area contributed by atoms with Crippen LogP contribution >= 0.6 is 7.75 Å². The molecule has 96 heavy (non-hydrogen) atoms. The van der Waals surface area contributed by atoms with E-state index in [9.17, 15) is 77.8 Å². The molecular formula is C59H87N12O24P. The summed E-state index contributed by atoms with van der Waals surface area (Å²) in [4.78, 5) is 140. The summed E-state index contributed by atoms with van der Waals surface area (Å²) in [5.41, 5.74) is 3.99. The summed E-state index contributed by atoms with van der Waals surface area (Å²) in [7, 11) is -4.78. The van der Waals surface area contributed by atoms with Gasteiger partial charge in [0.15, 0.2) is 0 Å². The number of carboxylic acids is 6. The van der Waals surface area contributed by atoms with Gasteiger partial charge in [-0.2, -0.15) is 0 Å². The Hall–Kier alpha value is -7.97. The molecule has 1 saturated heterocycles. The molecule has 0 spiro atoms. The highest BCUT2D eigenvalue weighted by Gasteiger charge is 2.32. The molecule has 0 bridgehead atoms. The average molecular weight is 1380 g/mol. The first-order valence-corrected chi connectivity index (χ1v) is 32.7. The predicted molar refractivity (Wildman–Crippen MR) is 336 cm³/mol. The van der Waals surface area contributed by atoms with E-state index in [0.29, 0.717) is 22.6 Å². The Morgan fingerprint density at radius 3 is 1.48 bits per heavy atom. The lowest BCUT2D eigenvalue weighted by Crippen LogP contribution is -2.50. The van der Waals surface area contributed by atoms with Crippen LogP contribution in [-0.2, 0) is 93.8 Å². The molecule has 3 heterocycles. The maximum atomic E-state index is 14.1. The number of fused-ring (bicyclic) bond motifs is 5. The van der Waals surface area contributed by atoms with E-state index in [0.717, 1.165) is 11.1 Å². The Bertz CT molecular complexity index is 3060. The van der Waals surface area contributed by atoms with E-state index in [1.54, 1.807) is 24.3 Å². The first-order chi connectivity index (χ1) is 46.0. The fourth-order valence-electron chi connectivity index (χ4n) is 9.95. The molecule has 0 aliphatic carbocycles. The zero-order chi connectivity index (χ0) is 69.8. The number of hydrogen-bond donors (Lipinski definition) is 11. The van der Waals surface area contributed by atoms with Crippen molar-refractivity contribution in [1.29, 1.82) is 0 Å². The molecule has 3 atom stereocenters. The fourth-order valence-corrected chi connectivity index (χ4v) is 11.0. The minimum atomic E-state index is -4.78. The Labute approximate surface area is 552 Å². The van der Waals surface area contributed by atoms with Crippen molar-refractivity contribution < 1.29 is 116 Å². The lowest BCUT2D eigenvalue weighted by molar-refractivity contribution is -0.142. The van der Waals surface area contributed by atoms with Gasteiger partial charge in [0, 0.05) is 109 Å². The quantitative estimate of drug-likeness (QED) is 0.0224. The van der Waals surface area contributed by atoms with Crippen LogP contribution in [0.1, 0.15) is 44.1 Å². The smallest absolute Gasteiger partial charge is 0.403 e. The maximum Gasteiger partial charge on any atom is 0.403 e. The highest BCUT2D eigenvalue weighted by atomic mass is 31.2. The molecule has 3 aromatic rings. The van der Waals surface area contributed by atoms with Crippen LogP contribution in [-0.4, -0.2) is 306 Å². The Balaban J connectivity index is 0.951. The number of carbonyl (C=O) groups is 10. The highest BCUT2D eigenvalue weighted by molar-refractivity contribution is 7.50. The third-order valence-corrected chi connectivity index (χ3v) is 15.9. The summed E-state index contributed by atoms with van der Waals surface area (Å²) in [6, 6.07) is 11.6. The van der Waals surface area contributed by atoms with Gasteiger partial charge in [0.2, 0.25) is 23.6 Å². The molecule has 2 aliphatic rings. The van der Waals surface area contributed by atoms with Crippen LogP contribution in [0.2, 0.25) is 0 Å². The second kappa shape index (κ2) is 42.6. The van der Waals surface area contributed by atoms with E-state index in [4.69, 9.17) is 38.4 Å². The predicted octanol–water partition coefficient (Wildman–Crippen LogP) is -1.60. The minimum Gasteiger partial charge on any atom is -0.481 e. The molecule has 11 N–H and O–H groups in total. The van der Waals surface area contributed by atoms with Gasteiger partial charge >= 0.3 is 43.6 Å². The summed E-state index contributed by atoms with van der Waals surface area (Å²) in [5, 5.41) is 75.0. The third-order valence-electron chi connectivity index (χ3n) is 14.8. The van der Waals surface area contributed by atoms with Crippen molar-refractivity contribution in [3.63, 3.8) is 0 Å². The van der Waals surface area contributed by atoms with Crippen molar-refractivity contribution >= 4 is 72.9 Å². The zero-order valence-corrected chi connectivity index (χ0v) is 54.1. The minimum absolute atomic E-state index is 0.0145. The van der Waals surface area contributed by atoms with Crippen LogP contribution in [0.4, 0.5) is 5.69 Å². The molecule has 1 aromatic heterocycles. The molecule has 5 rings (SSSR count). The molecule has 532 valence electrons. The van der Waals surface area contributed by atoms with Crippen LogP contribution in [0, 0.1) is 0 Å². The van der Waals surface area contributed by atoms with Gasteiger partial charge < -0.3 is 80.1 Å². The standard InChI is InChI=1S/C59H87N12O24P/c72-48(13-26-90-29-31-92-33-35-94-36-34-93-32-30-91-27-14-49(73)62-45(58(84)85)12-28-95-96(88,89)64-46(59(86)87)9-10-52(76)77)60-15-11-51(75)70-37-42-5-1-2-6-43(42)57-56(44-7-3-4-8-47(44)70)63-65-71(57)17-16-61-50(74)38-66-18-20-67(39-53(78)79)22-24-69(41-55(82)83)25-23-68(21-19-66)40-54(80)81/h1-8,45-46H,9-41H2,(H,60,72)(H,61,74)(H,62,73)(H,76,77)(H,78,79)(H,80,81)(H,82,83)(H,84,85)(H,86,87)(H2,64,88,89)/t45?,46-/m0/s1. The number of ether oxygens (including phenoxy) is 5. The number of carboxylic acid groups (broad SMARTS) is 6. The Morgan fingerprint density at radius 1 is 0.500 bits per heavy atom. The molecule has 1 fully saturated rings. The van der Waals surface area contributed by atoms with Crippen LogP contribution < -0.4 is 25.9 Å². The first kappa shape index (κ1) is 78.7. The fraction of sp³-hybridized carbons (Fsp3) is 0.593. The Kier molecular flexibility index (Phi) is 34.9. The molecule has 4 amide bonds. The molecule has 0 radical (unpaired) electrons. The lowest BCUT2D eigenvalue weighted by Gasteiger charge is -2.32. The number of nitrogens with zero attached hydrogens (tertiary/aromatic N) is 8. The van der Waals surface area contributed by atoms with Crippen LogP contribution in [0.15, 0.2) is 48.5 Å². The topological polar surface area (TPSA) is 480 Å². The van der Waals surface area contributed by atoms with Gasteiger partial charge in [-0.15, -0.1) is 5.10 Å². The second-order valence-electron chi connectivity index (χ2n) is 22.0. The number of aliphatic carboxylic acids is 6. The molecule has 37 heteroatoms. The molecule has 2 aromatic carbocycles. The van der Waals surface area contributed by atoms with Crippen molar-refractivity contribution in [2.75, 3.05) is 169 Å². The zero-order valence-electron chi connectivity index (χ0n) is 53.2. The van der Waals surface area contributed by atoms with E-state index in [-0.39, 0.29) is 208 Å². The summed E-state index contributed by atoms with van der Waals surface area (Å²) >= 11 is 0. The van der Waals surface area contributed by atoms with E-state index in [1.807, 2.05) is 58.5 Å². The van der Waals surface area contributed by atoms with E-state index in [2.05, 4.69) is 26.3 Å². The summed E-state index contributed by atoms with van der Waals surface area (Å²) in [6.45, 7) is 2.87. The van der Waals surface area contributed by atoms with Crippen molar-refractivity contribution in [2.45, 2.75) is 63.7 Å². The Morgan fingerprint density at radius 2 is 0.969 bits per heavy atom. The maximum absolute atomic E-state index is 14.1. The summed E-state index contributed by atoms with van der Waals surface area (Å²) in [5.74, 6) is -9.12. The number of para-hydroxylation sites is 1. The second-order valence-corrected chi connectivity index (χ2v) is 23.6. The number of anilines is 1. The SMILES string of the molecule is O=C(O)CC[C@H](NP(=O)(O)OCCC(NC(=O)CCOCCOCCOCCOCCOCCC(=O)NCCC(=O)N1Cc2ccccc2-c2c(nnn2CCNC(=O)CN2CCN(CC(=O)O)CCN(CC(=O)O)CCN(CC(=O)O)CC2)-c2ccccc21)C(=O)O)C(=O)O. The van der Waals surface area contributed by atoms with Gasteiger partial charge in [0.25, 0.3) is 0 Å². The van der Waals surface area contributed by atoms with Crippen LogP contribution in [0.3, 0.4) is 0 Å². The van der Waals surface area contributed by atoms with Crippen molar-refractivity contribution in [2.24, 2.45) is 0 Å². The average Bonchev–Trinajstić information content (AvgIpc) is 1.51. The number of carbonyl (C=O) groups excluding carboxylic acids is 4. The molecular weight excluding hydrogens is 1290 g/mol. The highest BCUT2D eigenvalue weighted by Crippen LogP contribution is 2.41. The number of rotatable bonds is 44. The number of aromatic nitrogens is 3. The van der Waals surface area contributed by atoms with Crippen LogP contribution in [0.25, 0.3) is 22.5 Å². The largest absolute Gasteiger partial charge is 0.481 e. The van der Waals surface area contributed by atoms with Crippen LogP contribution in [0.5, 0.6) is 0 Å². The van der Waals surface area contributed by atoms with E-state index in [1.165, 1.54) is 0 Å². The molecule has 2 aliphatic heterocycles. The summed E-state index contributed by atoms with van der Waals surface area (Å²) in [6.07, 6.45) is -1.77. The van der Waals surface area contributed by atoms with Gasteiger partial charge in [-0.05, 0) is 18.1 Å². The first-order valence-electron chi connectivity index (χ1n) is 31.1. The van der Waals surface area contributed by atoms with Gasteiger partial charge in [0.05, 0.1) is 123 Å². The third kappa shape index (κ3) is 30.0. The normalized spacial score (nSPS) is 15.5. The van der Waals surface area contributed by atoms with Gasteiger partial charge in [-0.1, -0.05) is 47.7 Å². The lowest BCUT2D eigenvalue weighted by atomic mass is 9.95. The monoisotopic (exact) mass is 1380 g/mol. The number of hydrogen-bond acceptors (Lipinski definition) is 23. The van der Waals surface area contributed by atoms with E-state index < -0.39 is 87.4 Å². The molecule has 36 nitrogen and oxygen atoms in total. The van der Waals surface area contributed by atoms with Gasteiger partial charge in [-0.3, -0.25) is 67.3 Å². The number of amides is 4. The molecule has 0 saturated carbocycles. The van der Waals surface area contributed by atoms with Crippen molar-refractivity contribution in [3.8, 4) is 22.5 Å². The van der Waals surface area contributed by atoms with Gasteiger partial charge in [0.1, 0.15) is 17.8 Å². The number of benzene rings is 2. The van der Waals surface area contributed by atoms with Gasteiger partial charge in [-0.25, -0.2) is 19.1 Å². The summed E-state index contributed by atoms with van der Waals surface area (Å²) < 4.78 is 46.0. The van der Waals surface area contributed by atoms with Crippen molar-refractivity contribution in [1.82, 2.24) is 55.6 Å². The number of nitrogens with one attached hydrogen (secondary N) is 4. The van der Waals surface area contributed by atoms with E-state index >= 15 is 0 Å². The van der Waals surface area contributed by atoms with Crippen molar-refractivity contribution in [3.05, 3.63) is 54.1 Å².